The number of likely N-dealkylation sites (tertiary alicyclic amines) is 1. The number of rotatable bonds is 1. The molecule has 4 heteroatoms. The monoisotopic (exact) mass is 145 g/mol. The van der Waals surface area contributed by atoms with Crippen molar-refractivity contribution in [3.05, 3.63) is 0 Å². The summed E-state index contributed by atoms with van der Waals surface area (Å²) in [5.41, 5.74) is 0. The van der Waals surface area contributed by atoms with Crippen LogP contribution in [0.15, 0.2) is 0 Å². The zero-order chi connectivity index (χ0) is 7.72. The Labute approximate surface area is 59.4 Å². The molecule has 0 aromatic rings. The van der Waals surface area contributed by atoms with Crippen molar-refractivity contribution in [2.75, 3.05) is 13.7 Å². The highest BCUT2D eigenvalue weighted by Gasteiger charge is 2.38. The molecule has 1 heterocycles. The normalized spacial score (nSPS) is 31.6. The molecule has 0 bridgehead atoms. The summed E-state index contributed by atoms with van der Waals surface area (Å²) >= 11 is 0. The van der Waals surface area contributed by atoms with E-state index in [2.05, 4.69) is 0 Å². The molecule has 58 valence electrons. The van der Waals surface area contributed by atoms with Gasteiger partial charge in [-0.15, -0.1) is 0 Å². The molecule has 1 N–H and O–H groups in total. The predicted molar refractivity (Wildman–Crippen MR) is 35.0 cm³/mol. The Morgan fingerprint density at radius 3 is 2.70 bits per heavy atom. The molecule has 0 aromatic heterocycles. The molecule has 0 unspecified atom stereocenters. The molecule has 1 rings (SSSR count). The van der Waals surface area contributed by atoms with E-state index < -0.39 is 6.09 Å². The summed E-state index contributed by atoms with van der Waals surface area (Å²) < 4.78 is 4.97. The molecule has 1 amide bonds. The van der Waals surface area contributed by atoms with E-state index in [-0.39, 0.29) is 12.1 Å². The van der Waals surface area contributed by atoms with Crippen LogP contribution in [0.4, 0.5) is 4.79 Å². The lowest BCUT2D eigenvalue weighted by Gasteiger charge is -2.43. The molecule has 10 heavy (non-hydrogen) atoms. The summed E-state index contributed by atoms with van der Waals surface area (Å²) in [6.07, 6.45) is -0.767. The molecule has 2 atom stereocenters. The summed E-state index contributed by atoms with van der Waals surface area (Å²) in [6, 6.07) is 0.0162. The van der Waals surface area contributed by atoms with Crippen LogP contribution in [-0.2, 0) is 4.74 Å². The van der Waals surface area contributed by atoms with Crippen LogP contribution in [0.1, 0.15) is 6.92 Å². The van der Waals surface area contributed by atoms with E-state index in [0.717, 1.165) is 0 Å². The topological polar surface area (TPSA) is 49.8 Å². The van der Waals surface area contributed by atoms with Crippen molar-refractivity contribution in [1.82, 2.24) is 4.90 Å². The third-order valence-corrected chi connectivity index (χ3v) is 1.95. The first-order valence-electron chi connectivity index (χ1n) is 3.19. The van der Waals surface area contributed by atoms with Gasteiger partial charge in [0.15, 0.2) is 0 Å². The highest BCUT2D eigenvalue weighted by atomic mass is 16.5. The molecule has 0 spiro atoms. The Morgan fingerprint density at radius 2 is 2.40 bits per heavy atom. The number of methoxy groups -OCH3 is 1. The number of amides is 1. The number of carbonyl (C=O) groups is 1. The van der Waals surface area contributed by atoms with Crippen LogP contribution in [0.5, 0.6) is 0 Å². The third-order valence-electron chi connectivity index (χ3n) is 1.95. The van der Waals surface area contributed by atoms with E-state index in [0.29, 0.717) is 6.54 Å². The van der Waals surface area contributed by atoms with Gasteiger partial charge in [0, 0.05) is 7.11 Å². The second-order valence-electron chi connectivity index (χ2n) is 2.45. The van der Waals surface area contributed by atoms with E-state index in [1.165, 1.54) is 4.90 Å². The summed E-state index contributed by atoms with van der Waals surface area (Å²) in [5, 5.41) is 8.49. The highest BCUT2D eigenvalue weighted by Crippen LogP contribution is 2.19. The standard InChI is InChI=1S/C6H11NO3/c1-4-5(10-2)3-7(4)6(8)9/h4-5H,3H2,1-2H3,(H,8,9)/t4-,5-/m1/s1. The van der Waals surface area contributed by atoms with Gasteiger partial charge in [0.1, 0.15) is 0 Å². The first-order valence-corrected chi connectivity index (χ1v) is 3.19. The van der Waals surface area contributed by atoms with Gasteiger partial charge in [-0.05, 0) is 6.92 Å². The SMILES string of the molecule is CO[C@@H]1CN(C(=O)O)[C@@H]1C. The first-order chi connectivity index (χ1) is 4.66. The van der Waals surface area contributed by atoms with Gasteiger partial charge < -0.3 is 14.7 Å². The number of hydrogen-bond acceptors (Lipinski definition) is 2. The molecule has 4 nitrogen and oxygen atoms in total. The van der Waals surface area contributed by atoms with E-state index in [1.54, 1.807) is 7.11 Å². The highest BCUT2D eigenvalue weighted by molar-refractivity contribution is 5.66. The fourth-order valence-electron chi connectivity index (χ4n) is 1.10. The predicted octanol–water partition coefficient (Wildman–Crippen LogP) is 0.384. The van der Waals surface area contributed by atoms with Crippen molar-refractivity contribution in [2.45, 2.75) is 19.1 Å². The zero-order valence-electron chi connectivity index (χ0n) is 6.07. The van der Waals surface area contributed by atoms with Crippen LogP contribution < -0.4 is 0 Å². The van der Waals surface area contributed by atoms with Gasteiger partial charge in [0.2, 0.25) is 0 Å². The zero-order valence-corrected chi connectivity index (χ0v) is 6.07. The molecule has 1 fully saturated rings. The van der Waals surface area contributed by atoms with Gasteiger partial charge >= 0.3 is 6.09 Å². The lowest BCUT2D eigenvalue weighted by Crippen LogP contribution is -2.60. The van der Waals surface area contributed by atoms with E-state index in [4.69, 9.17) is 9.84 Å². The lowest BCUT2D eigenvalue weighted by atomic mass is 10.0. The molecular formula is C6H11NO3. The fourth-order valence-corrected chi connectivity index (χ4v) is 1.10. The molecule has 0 aliphatic carbocycles. The second-order valence-corrected chi connectivity index (χ2v) is 2.45. The molecule has 0 radical (unpaired) electrons. The van der Waals surface area contributed by atoms with Crippen molar-refractivity contribution in [1.29, 1.82) is 0 Å². The Morgan fingerprint density at radius 1 is 1.80 bits per heavy atom. The lowest BCUT2D eigenvalue weighted by molar-refractivity contribution is -0.0622. The number of nitrogens with zero attached hydrogens (tertiary/aromatic N) is 1. The van der Waals surface area contributed by atoms with Crippen molar-refractivity contribution in [2.24, 2.45) is 0 Å². The molecule has 1 aliphatic rings. The average Bonchev–Trinajstić information content (AvgIpc) is 1.85. The van der Waals surface area contributed by atoms with Crippen LogP contribution in [-0.4, -0.2) is 41.9 Å². The van der Waals surface area contributed by atoms with Crippen LogP contribution in [0.25, 0.3) is 0 Å². The number of ether oxygens (including phenoxy) is 1. The van der Waals surface area contributed by atoms with Gasteiger partial charge in [-0.3, -0.25) is 0 Å². The quantitative estimate of drug-likeness (QED) is 0.580. The van der Waals surface area contributed by atoms with Gasteiger partial charge in [-0.25, -0.2) is 4.79 Å². The average molecular weight is 145 g/mol. The Bertz CT molecular complexity index is 148. The molecule has 0 aromatic carbocycles. The molecule has 1 saturated heterocycles. The Hall–Kier alpha value is -0.770. The summed E-state index contributed by atoms with van der Waals surface area (Å²) in [4.78, 5) is 11.7. The maximum atomic E-state index is 10.3. The smallest absolute Gasteiger partial charge is 0.407 e. The van der Waals surface area contributed by atoms with Crippen LogP contribution in [0.2, 0.25) is 0 Å². The third kappa shape index (κ3) is 0.945. The van der Waals surface area contributed by atoms with Crippen LogP contribution >= 0.6 is 0 Å². The molecule has 0 saturated carbocycles. The van der Waals surface area contributed by atoms with Gasteiger partial charge in [0.05, 0.1) is 18.7 Å². The summed E-state index contributed by atoms with van der Waals surface area (Å²) in [5.74, 6) is 0. The first kappa shape index (κ1) is 7.34. The number of hydrogen-bond donors (Lipinski definition) is 1. The van der Waals surface area contributed by atoms with Crippen molar-refractivity contribution in [3.8, 4) is 0 Å². The van der Waals surface area contributed by atoms with Crippen LogP contribution in [0, 0.1) is 0 Å². The second kappa shape index (κ2) is 2.46. The number of carboxylic acid groups (broad SMARTS) is 1. The maximum absolute atomic E-state index is 10.3. The summed E-state index contributed by atoms with van der Waals surface area (Å²) in [7, 11) is 1.60. The minimum atomic E-state index is -0.860. The van der Waals surface area contributed by atoms with E-state index in [1.807, 2.05) is 6.92 Å². The van der Waals surface area contributed by atoms with Crippen molar-refractivity contribution < 1.29 is 14.6 Å². The van der Waals surface area contributed by atoms with Gasteiger partial charge in [-0.1, -0.05) is 0 Å². The van der Waals surface area contributed by atoms with Crippen LogP contribution in [0.3, 0.4) is 0 Å². The molecule has 1 aliphatic heterocycles. The minimum Gasteiger partial charge on any atom is -0.465 e. The maximum Gasteiger partial charge on any atom is 0.407 e. The van der Waals surface area contributed by atoms with Crippen molar-refractivity contribution >= 4 is 6.09 Å². The minimum absolute atomic E-state index is 0.0162. The van der Waals surface area contributed by atoms with E-state index in [9.17, 15) is 4.79 Å². The van der Waals surface area contributed by atoms with Gasteiger partial charge in [0.25, 0.3) is 0 Å². The van der Waals surface area contributed by atoms with Gasteiger partial charge in [-0.2, -0.15) is 0 Å². The van der Waals surface area contributed by atoms with Crippen molar-refractivity contribution in [3.63, 3.8) is 0 Å². The largest absolute Gasteiger partial charge is 0.465 e. The Kier molecular flexibility index (Phi) is 1.80. The fraction of sp³-hybridized carbons (Fsp3) is 0.833. The summed E-state index contributed by atoms with van der Waals surface area (Å²) in [6.45, 7) is 2.35. The van der Waals surface area contributed by atoms with E-state index >= 15 is 0 Å². The molecular weight excluding hydrogens is 134 g/mol. The Balaban J connectivity index is 2.39.